The molecule has 0 radical (unpaired) electrons. The van der Waals surface area contributed by atoms with Crippen molar-refractivity contribution in [3.63, 3.8) is 0 Å². The zero-order valence-electron chi connectivity index (χ0n) is 14.8. The molecule has 1 N–H and O–H groups in total. The van der Waals surface area contributed by atoms with E-state index in [4.69, 9.17) is 0 Å². The van der Waals surface area contributed by atoms with Gasteiger partial charge in [-0.25, -0.2) is 10.1 Å². The zero-order chi connectivity index (χ0) is 21.0. The summed E-state index contributed by atoms with van der Waals surface area (Å²) in [5, 5.41) is 36.6. The first-order valence-electron chi connectivity index (χ1n) is 7.97. The maximum Gasteiger partial charge on any atom is 0.277 e. The maximum absolute atomic E-state index is 12.3. The summed E-state index contributed by atoms with van der Waals surface area (Å²) in [4.78, 5) is 32.5. The Morgan fingerprint density at radius 1 is 1.03 bits per heavy atom. The lowest BCUT2D eigenvalue weighted by Crippen LogP contribution is -2.19. The molecule has 1 amide bonds. The number of benzene rings is 2. The summed E-state index contributed by atoms with van der Waals surface area (Å²) in [6.45, 7) is 1.64. The van der Waals surface area contributed by atoms with Crippen LogP contribution in [0.2, 0.25) is 0 Å². The molecule has 3 aromatic rings. The molecule has 146 valence electrons. The van der Waals surface area contributed by atoms with Crippen LogP contribution in [0.5, 0.6) is 0 Å². The summed E-state index contributed by atoms with van der Waals surface area (Å²) < 4.78 is 1.47. The van der Waals surface area contributed by atoms with Crippen molar-refractivity contribution < 1.29 is 14.6 Å². The molecule has 29 heavy (non-hydrogen) atoms. The normalized spacial score (nSPS) is 11.1. The summed E-state index contributed by atoms with van der Waals surface area (Å²) in [5.41, 5.74) is 2.71. The van der Waals surface area contributed by atoms with Crippen LogP contribution in [0, 0.1) is 20.2 Å². The van der Waals surface area contributed by atoms with Crippen LogP contribution in [-0.4, -0.2) is 41.7 Å². The Bertz CT molecular complexity index is 1080. The fourth-order valence-corrected chi connectivity index (χ4v) is 2.34. The van der Waals surface area contributed by atoms with Crippen molar-refractivity contribution in [1.82, 2.24) is 25.6 Å². The zero-order valence-corrected chi connectivity index (χ0v) is 14.8. The SMILES string of the molecule is C/C(=N\NC(=O)c1cc([N+](=O)[O-])cc([N+](=O)[O-])c1)c1ccc(-n2cnnn2)cc1. The van der Waals surface area contributed by atoms with E-state index in [9.17, 15) is 25.0 Å². The largest absolute Gasteiger partial charge is 0.277 e. The van der Waals surface area contributed by atoms with Gasteiger partial charge in [-0.3, -0.25) is 25.0 Å². The summed E-state index contributed by atoms with van der Waals surface area (Å²) >= 11 is 0. The molecule has 1 aromatic heterocycles. The van der Waals surface area contributed by atoms with E-state index in [-0.39, 0.29) is 5.56 Å². The number of non-ortho nitro benzene ring substituents is 2. The predicted molar refractivity (Wildman–Crippen MR) is 98.6 cm³/mol. The minimum atomic E-state index is -0.818. The number of nitrogens with zero attached hydrogens (tertiary/aromatic N) is 7. The van der Waals surface area contributed by atoms with Crippen molar-refractivity contribution in [2.24, 2.45) is 5.10 Å². The number of aromatic nitrogens is 4. The molecule has 0 saturated heterocycles. The van der Waals surface area contributed by atoms with E-state index in [1.54, 1.807) is 31.2 Å². The van der Waals surface area contributed by atoms with Gasteiger partial charge in [-0.1, -0.05) is 12.1 Å². The third kappa shape index (κ3) is 4.41. The van der Waals surface area contributed by atoms with Crippen LogP contribution < -0.4 is 5.43 Å². The minimum Gasteiger partial charge on any atom is -0.267 e. The van der Waals surface area contributed by atoms with Crippen molar-refractivity contribution in [2.75, 3.05) is 0 Å². The van der Waals surface area contributed by atoms with Gasteiger partial charge < -0.3 is 0 Å². The number of nitrogens with one attached hydrogen (secondary N) is 1. The molecule has 0 spiro atoms. The van der Waals surface area contributed by atoms with Gasteiger partial charge in [0, 0.05) is 12.1 Å². The van der Waals surface area contributed by atoms with Gasteiger partial charge in [-0.2, -0.15) is 5.10 Å². The van der Waals surface area contributed by atoms with Crippen molar-refractivity contribution in [3.05, 3.63) is 80.1 Å². The molecule has 0 aliphatic heterocycles. The Kier molecular flexibility index (Phi) is 5.30. The lowest BCUT2D eigenvalue weighted by molar-refractivity contribution is -0.394. The molecular weight excluding hydrogens is 384 g/mol. The van der Waals surface area contributed by atoms with E-state index in [1.165, 1.54) is 11.0 Å². The van der Waals surface area contributed by atoms with E-state index in [2.05, 4.69) is 26.1 Å². The molecule has 0 atom stereocenters. The molecule has 0 fully saturated rings. The topological polar surface area (TPSA) is 171 Å². The maximum atomic E-state index is 12.3. The second-order valence-corrected chi connectivity index (χ2v) is 5.69. The number of hydrogen-bond acceptors (Lipinski definition) is 9. The van der Waals surface area contributed by atoms with Crippen LogP contribution in [-0.2, 0) is 0 Å². The van der Waals surface area contributed by atoms with Gasteiger partial charge in [-0.05, 0) is 35.0 Å². The van der Waals surface area contributed by atoms with Crippen molar-refractivity contribution in [2.45, 2.75) is 6.92 Å². The van der Waals surface area contributed by atoms with Crippen LogP contribution in [0.4, 0.5) is 11.4 Å². The van der Waals surface area contributed by atoms with Crippen LogP contribution >= 0.6 is 0 Å². The third-order valence-electron chi connectivity index (χ3n) is 3.81. The first-order chi connectivity index (χ1) is 13.8. The highest BCUT2D eigenvalue weighted by Gasteiger charge is 2.19. The summed E-state index contributed by atoms with van der Waals surface area (Å²) in [7, 11) is 0. The molecule has 2 aromatic carbocycles. The quantitative estimate of drug-likeness (QED) is 0.372. The van der Waals surface area contributed by atoms with E-state index in [0.29, 0.717) is 11.3 Å². The molecule has 13 nitrogen and oxygen atoms in total. The fraction of sp³-hybridized carbons (Fsp3) is 0.0625. The van der Waals surface area contributed by atoms with Crippen LogP contribution in [0.1, 0.15) is 22.8 Å². The Hall–Kier alpha value is -4.55. The van der Waals surface area contributed by atoms with Gasteiger partial charge in [-0.15, -0.1) is 5.10 Å². The average Bonchev–Trinajstić information content (AvgIpc) is 3.26. The van der Waals surface area contributed by atoms with Gasteiger partial charge in [0.2, 0.25) is 0 Å². The first-order valence-corrected chi connectivity index (χ1v) is 7.97. The number of carbonyl (C=O) groups is 1. The smallest absolute Gasteiger partial charge is 0.267 e. The van der Waals surface area contributed by atoms with Gasteiger partial charge in [0.05, 0.1) is 32.9 Å². The van der Waals surface area contributed by atoms with Crippen molar-refractivity contribution in [3.8, 4) is 5.69 Å². The summed E-state index contributed by atoms with van der Waals surface area (Å²) in [6, 6.07) is 9.62. The highest BCUT2D eigenvalue weighted by Crippen LogP contribution is 2.22. The second kappa shape index (κ2) is 7.99. The lowest BCUT2D eigenvalue weighted by Gasteiger charge is -2.05. The Labute approximate surface area is 162 Å². The van der Waals surface area contributed by atoms with Gasteiger partial charge in [0.25, 0.3) is 17.3 Å². The number of hydrazone groups is 1. The number of hydrogen-bond donors (Lipinski definition) is 1. The number of carbonyl (C=O) groups excluding carboxylic acids is 1. The molecule has 3 rings (SSSR count). The monoisotopic (exact) mass is 396 g/mol. The Balaban J connectivity index is 1.77. The van der Waals surface area contributed by atoms with Crippen LogP contribution in [0.3, 0.4) is 0 Å². The number of rotatable bonds is 6. The molecule has 0 bridgehead atoms. The summed E-state index contributed by atoms with van der Waals surface area (Å²) in [5.74, 6) is -0.818. The number of tetrazole rings is 1. The van der Waals surface area contributed by atoms with E-state index in [0.717, 1.165) is 23.9 Å². The van der Waals surface area contributed by atoms with Crippen LogP contribution in [0.25, 0.3) is 5.69 Å². The Morgan fingerprint density at radius 2 is 1.66 bits per heavy atom. The Morgan fingerprint density at radius 3 is 2.17 bits per heavy atom. The molecule has 0 aliphatic carbocycles. The number of amides is 1. The highest BCUT2D eigenvalue weighted by molar-refractivity contribution is 6.01. The molecular formula is C16H12N8O5. The predicted octanol–water partition coefficient (Wildman–Crippen LogP) is 1.63. The second-order valence-electron chi connectivity index (χ2n) is 5.69. The van der Waals surface area contributed by atoms with Gasteiger partial charge in [0.1, 0.15) is 6.33 Å². The third-order valence-corrected chi connectivity index (χ3v) is 3.81. The minimum absolute atomic E-state index is 0.253. The molecule has 0 unspecified atom stereocenters. The molecule has 13 heteroatoms. The van der Waals surface area contributed by atoms with E-state index >= 15 is 0 Å². The number of nitro benzene ring substituents is 2. The molecule has 0 aliphatic rings. The van der Waals surface area contributed by atoms with Crippen LogP contribution in [0.15, 0.2) is 53.9 Å². The van der Waals surface area contributed by atoms with Gasteiger partial charge >= 0.3 is 0 Å². The van der Waals surface area contributed by atoms with E-state index in [1.807, 2.05) is 0 Å². The van der Waals surface area contributed by atoms with Gasteiger partial charge in [0.15, 0.2) is 0 Å². The highest BCUT2D eigenvalue weighted by atomic mass is 16.6. The fourth-order valence-electron chi connectivity index (χ4n) is 2.34. The van der Waals surface area contributed by atoms with E-state index < -0.39 is 27.1 Å². The standard InChI is InChI=1S/C16H12N8O5/c1-10(11-2-4-13(5-3-11)22-9-17-20-21-22)18-19-16(25)12-6-14(23(26)27)8-15(7-12)24(28)29/h2-9H,1H3,(H,19,25)/b18-10+. The summed E-state index contributed by atoms with van der Waals surface area (Å²) in [6.07, 6.45) is 1.44. The lowest BCUT2D eigenvalue weighted by atomic mass is 10.1. The van der Waals surface area contributed by atoms with Crippen molar-refractivity contribution >= 4 is 23.0 Å². The van der Waals surface area contributed by atoms with Crippen molar-refractivity contribution in [1.29, 1.82) is 0 Å². The number of nitro groups is 2. The molecule has 0 saturated carbocycles. The first kappa shape index (κ1) is 19.2. The molecule has 1 heterocycles. The average molecular weight is 396 g/mol.